The summed E-state index contributed by atoms with van der Waals surface area (Å²) < 4.78 is 18.6. The third-order valence-corrected chi connectivity index (χ3v) is 5.58. The predicted octanol–water partition coefficient (Wildman–Crippen LogP) is 2.83. The van der Waals surface area contributed by atoms with E-state index in [0.717, 1.165) is 68.8 Å². The number of nitrogens with one attached hydrogen (secondary N) is 1. The van der Waals surface area contributed by atoms with Gasteiger partial charge < -0.3 is 14.7 Å². The van der Waals surface area contributed by atoms with Crippen LogP contribution in [0, 0.1) is 5.82 Å². The van der Waals surface area contributed by atoms with Crippen molar-refractivity contribution in [2.75, 3.05) is 45.0 Å². The lowest BCUT2D eigenvalue weighted by atomic mass is 10.2. The maximum absolute atomic E-state index is 13.7. The SMILES string of the molecule is CCNC(=NCCSCc1ccccc1F)N1CCN(Cc2ccon2)CC1. The second-order valence-corrected chi connectivity index (χ2v) is 7.74. The van der Waals surface area contributed by atoms with Crippen LogP contribution in [0.25, 0.3) is 0 Å². The maximum Gasteiger partial charge on any atom is 0.194 e. The average molecular weight is 406 g/mol. The van der Waals surface area contributed by atoms with E-state index in [1.165, 1.54) is 6.07 Å². The largest absolute Gasteiger partial charge is 0.364 e. The van der Waals surface area contributed by atoms with Crippen molar-refractivity contribution < 1.29 is 8.91 Å². The number of thioether (sulfide) groups is 1. The molecule has 1 aliphatic heterocycles. The van der Waals surface area contributed by atoms with Gasteiger partial charge in [-0.15, -0.1) is 0 Å². The second-order valence-electron chi connectivity index (χ2n) is 6.63. The van der Waals surface area contributed by atoms with Gasteiger partial charge in [0.05, 0.1) is 12.2 Å². The Kier molecular flexibility index (Phi) is 8.17. The molecule has 0 unspecified atom stereocenters. The summed E-state index contributed by atoms with van der Waals surface area (Å²) in [5.41, 5.74) is 1.73. The van der Waals surface area contributed by atoms with Gasteiger partial charge >= 0.3 is 0 Å². The summed E-state index contributed by atoms with van der Waals surface area (Å²) >= 11 is 1.71. The Balaban J connectivity index is 1.42. The first-order valence-corrected chi connectivity index (χ1v) is 10.9. The van der Waals surface area contributed by atoms with Crippen molar-refractivity contribution in [2.24, 2.45) is 4.99 Å². The Morgan fingerprint density at radius 3 is 2.79 bits per heavy atom. The highest BCUT2D eigenvalue weighted by atomic mass is 32.2. The second kappa shape index (κ2) is 11.1. The van der Waals surface area contributed by atoms with E-state index in [1.807, 2.05) is 18.2 Å². The van der Waals surface area contributed by atoms with Crippen LogP contribution in [0.3, 0.4) is 0 Å². The van der Waals surface area contributed by atoms with Crippen LogP contribution in [-0.2, 0) is 12.3 Å². The lowest BCUT2D eigenvalue weighted by molar-refractivity contribution is 0.169. The van der Waals surface area contributed by atoms with Crippen LogP contribution < -0.4 is 5.32 Å². The molecule has 6 nitrogen and oxygen atoms in total. The molecule has 1 N–H and O–H groups in total. The number of nitrogens with zero attached hydrogens (tertiary/aromatic N) is 4. The number of halogens is 1. The molecule has 1 fully saturated rings. The van der Waals surface area contributed by atoms with Crippen LogP contribution >= 0.6 is 11.8 Å². The summed E-state index contributed by atoms with van der Waals surface area (Å²) in [5.74, 6) is 2.39. The minimum Gasteiger partial charge on any atom is -0.364 e. The number of guanidine groups is 1. The molecule has 8 heteroatoms. The van der Waals surface area contributed by atoms with Crippen LogP contribution in [0.1, 0.15) is 18.2 Å². The van der Waals surface area contributed by atoms with Crippen molar-refractivity contribution in [1.82, 2.24) is 20.3 Å². The summed E-state index contributed by atoms with van der Waals surface area (Å²) in [6.07, 6.45) is 1.62. The smallest absolute Gasteiger partial charge is 0.194 e. The molecule has 152 valence electrons. The summed E-state index contributed by atoms with van der Waals surface area (Å²) in [4.78, 5) is 9.45. The van der Waals surface area contributed by atoms with Gasteiger partial charge in [-0.2, -0.15) is 11.8 Å². The molecule has 0 radical (unpaired) electrons. The van der Waals surface area contributed by atoms with Crippen molar-refractivity contribution in [2.45, 2.75) is 19.2 Å². The van der Waals surface area contributed by atoms with Crippen LogP contribution in [0.4, 0.5) is 4.39 Å². The number of aromatic nitrogens is 1. The number of piperazine rings is 1. The Bertz CT molecular complexity index is 732. The van der Waals surface area contributed by atoms with E-state index in [1.54, 1.807) is 24.1 Å². The fourth-order valence-electron chi connectivity index (χ4n) is 3.11. The topological polar surface area (TPSA) is 56.9 Å². The molecule has 2 heterocycles. The normalized spacial score (nSPS) is 15.8. The molecular formula is C20H28FN5OS. The molecule has 3 rings (SSSR count). The van der Waals surface area contributed by atoms with E-state index < -0.39 is 0 Å². The van der Waals surface area contributed by atoms with E-state index in [9.17, 15) is 4.39 Å². The zero-order valence-corrected chi connectivity index (χ0v) is 17.1. The van der Waals surface area contributed by atoms with Gasteiger partial charge in [0.25, 0.3) is 0 Å². The Morgan fingerprint density at radius 2 is 2.07 bits per heavy atom. The molecule has 1 saturated heterocycles. The van der Waals surface area contributed by atoms with Crippen molar-refractivity contribution in [1.29, 1.82) is 0 Å². The molecule has 2 aromatic rings. The fourth-order valence-corrected chi connectivity index (χ4v) is 3.92. The molecule has 0 atom stereocenters. The summed E-state index contributed by atoms with van der Waals surface area (Å²) in [7, 11) is 0. The fraction of sp³-hybridized carbons (Fsp3) is 0.500. The van der Waals surface area contributed by atoms with E-state index in [-0.39, 0.29) is 5.82 Å². The van der Waals surface area contributed by atoms with Crippen molar-refractivity contribution in [3.05, 3.63) is 53.7 Å². The number of hydrogen-bond donors (Lipinski definition) is 1. The molecule has 28 heavy (non-hydrogen) atoms. The highest BCUT2D eigenvalue weighted by Crippen LogP contribution is 2.15. The van der Waals surface area contributed by atoms with Crippen molar-refractivity contribution in [3.63, 3.8) is 0 Å². The molecular weight excluding hydrogens is 377 g/mol. The monoisotopic (exact) mass is 405 g/mol. The molecule has 1 aromatic carbocycles. The van der Waals surface area contributed by atoms with Crippen molar-refractivity contribution >= 4 is 17.7 Å². The number of benzene rings is 1. The first-order valence-electron chi connectivity index (χ1n) is 9.72. The Labute approximate surface area is 170 Å². The zero-order chi connectivity index (χ0) is 19.6. The van der Waals surface area contributed by atoms with Gasteiger partial charge in [-0.05, 0) is 18.6 Å². The molecule has 0 bridgehead atoms. The van der Waals surface area contributed by atoms with Gasteiger partial charge in [-0.25, -0.2) is 4.39 Å². The van der Waals surface area contributed by atoms with Gasteiger partial charge in [-0.1, -0.05) is 23.4 Å². The molecule has 0 saturated carbocycles. The van der Waals surface area contributed by atoms with Crippen LogP contribution in [-0.4, -0.2) is 65.9 Å². The van der Waals surface area contributed by atoms with Gasteiger partial charge in [0, 0.05) is 56.8 Å². The predicted molar refractivity (Wildman–Crippen MR) is 112 cm³/mol. The third kappa shape index (κ3) is 6.24. The van der Waals surface area contributed by atoms with E-state index >= 15 is 0 Å². The van der Waals surface area contributed by atoms with Gasteiger partial charge in [0.1, 0.15) is 12.1 Å². The highest BCUT2D eigenvalue weighted by molar-refractivity contribution is 7.98. The van der Waals surface area contributed by atoms with Gasteiger partial charge in [-0.3, -0.25) is 9.89 Å². The van der Waals surface area contributed by atoms with E-state index in [4.69, 9.17) is 9.52 Å². The first-order chi connectivity index (χ1) is 13.8. The molecule has 1 aromatic heterocycles. The average Bonchev–Trinajstić information content (AvgIpc) is 3.22. The van der Waals surface area contributed by atoms with E-state index in [0.29, 0.717) is 5.75 Å². The maximum atomic E-state index is 13.7. The van der Waals surface area contributed by atoms with Crippen LogP contribution in [0.5, 0.6) is 0 Å². The molecule has 1 aliphatic rings. The highest BCUT2D eigenvalue weighted by Gasteiger charge is 2.20. The Morgan fingerprint density at radius 1 is 1.25 bits per heavy atom. The van der Waals surface area contributed by atoms with Crippen LogP contribution in [0.2, 0.25) is 0 Å². The molecule has 0 amide bonds. The lowest BCUT2D eigenvalue weighted by Crippen LogP contribution is -2.52. The third-order valence-electron chi connectivity index (χ3n) is 4.60. The standard InChI is InChI=1S/C20H28FN5OS/c1-2-22-20(23-8-14-28-16-17-5-3-4-6-19(17)21)26-11-9-25(10-12-26)15-18-7-13-27-24-18/h3-7,13H,2,8-12,14-16H2,1H3,(H,22,23). The quantitative estimate of drug-likeness (QED) is 0.414. The minimum atomic E-state index is -0.129. The molecule has 0 aliphatic carbocycles. The molecule has 0 spiro atoms. The number of hydrogen-bond acceptors (Lipinski definition) is 5. The number of rotatable bonds is 8. The zero-order valence-electron chi connectivity index (χ0n) is 16.3. The number of aliphatic imine (C=N–C) groups is 1. The summed E-state index contributed by atoms with van der Waals surface area (Å²) in [6.45, 7) is 8.30. The minimum absolute atomic E-state index is 0.129. The van der Waals surface area contributed by atoms with Gasteiger partial charge in [0.15, 0.2) is 5.96 Å². The van der Waals surface area contributed by atoms with Crippen molar-refractivity contribution in [3.8, 4) is 0 Å². The van der Waals surface area contributed by atoms with E-state index in [2.05, 4.69) is 27.2 Å². The van der Waals surface area contributed by atoms with Gasteiger partial charge in [0.2, 0.25) is 0 Å². The lowest BCUT2D eigenvalue weighted by Gasteiger charge is -2.36. The Hall–Kier alpha value is -2.06. The summed E-state index contributed by atoms with van der Waals surface area (Å²) in [6, 6.07) is 8.87. The first kappa shape index (κ1) is 20.7. The van der Waals surface area contributed by atoms with Crippen LogP contribution in [0.15, 0.2) is 46.1 Å². The summed E-state index contributed by atoms with van der Waals surface area (Å²) in [5, 5.41) is 7.38.